The maximum Gasteiger partial charge on any atom is 0.355 e. The van der Waals surface area contributed by atoms with E-state index in [9.17, 15) is 9.59 Å². The molecule has 1 aromatic heterocycles. The van der Waals surface area contributed by atoms with Crippen LogP contribution in [-0.4, -0.2) is 36.4 Å². The summed E-state index contributed by atoms with van der Waals surface area (Å²) in [5.74, 6) is -1.34. The molecule has 1 aliphatic heterocycles. The van der Waals surface area contributed by atoms with Gasteiger partial charge in [-0.2, -0.15) is 5.10 Å². The lowest BCUT2D eigenvalue weighted by Crippen LogP contribution is -2.27. The van der Waals surface area contributed by atoms with Gasteiger partial charge in [0.05, 0.1) is 25.5 Å². The number of carbonyl (C=O) groups is 2. The van der Waals surface area contributed by atoms with Crippen molar-refractivity contribution < 1.29 is 19.1 Å². The molecular formula is C17H14ClN3O4. The van der Waals surface area contributed by atoms with Crippen LogP contribution >= 0.6 is 11.6 Å². The molecule has 0 saturated heterocycles. The zero-order valence-corrected chi connectivity index (χ0v) is 14.2. The number of fused-ring (bicyclic) bond motifs is 1. The molecule has 1 N–H and O–H groups in total. The van der Waals surface area contributed by atoms with E-state index in [0.29, 0.717) is 21.7 Å². The van der Waals surface area contributed by atoms with Crippen LogP contribution in [0.15, 0.2) is 53.9 Å². The average molecular weight is 360 g/mol. The molecule has 0 saturated carbocycles. The topological polar surface area (TPSA) is 84.5 Å². The zero-order chi connectivity index (χ0) is 18.0. The van der Waals surface area contributed by atoms with Crippen LogP contribution in [0.25, 0.3) is 10.9 Å². The fourth-order valence-electron chi connectivity index (χ4n) is 2.54. The minimum absolute atomic E-state index is 0.0194. The summed E-state index contributed by atoms with van der Waals surface area (Å²) in [6.45, 7) is 0. The Kier molecular flexibility index (Phi) is 4.58. The number of hydrogen-bond donors (Lipinski definition) is 1. The van der Waals surface area contributed by atoms with Crippen molar-refractivity contribution in [1.29, 1.82) is 0 Å². The summed E-state index contributed by atoms with van der Waals surface area (Å²) in [5, 5.41) is 7.96. The van der Waals surface area contributed by atoms with Gasteiger partial charge in [-0.05, 0) is 24.3 Å². The lowest BCUT2D eigenvalue weighted by Gasteiger charge is -2.23. The maximum atomic E-state index is 12.4. The molecule has 8 heteroatoms. The van der Waals surface area contributed by atoms with E-state index in [2.05, 4.69) is 10.2 Å². The van der Waals surface area contributed by atoms with Gasteiger partial charge >= 0.3 is 11.9 Å². The highest BCUT2D eigenvalue weighted by molar-refractivity contribution is 6.34. The third-order valence-electron chi connectivity index (χ3n) is 3.67. The smallest absolute Gasteiger partial charge is 0.355 e. The third kappa shape index (κ3) is 2.89. The molecule has 0 amide bonds. The molecule has 25 heavy (non-hydrogen) atoms. The van der Waals surface area contributed by atoms with Crippen LogP contribution in [-0.2, 0) is 19.1 Å². The number of para-hydroxylation sites is 1. The third-order valence-corrected chi connectivity index (χ3v) is 3.95. The molecule has 0 fully saturated rings. The van der Waals surface area contributed by atoms with E-state index in [-0.39, 0.29) is 11.3 Å². The van der Waals surface area contributed by atoms with Crippen molar-refractivity contribution in [3.63, 3.8) is 0 Å². The van der Waals surface area contributed by atoms with Crippen molar-refractivity contribution in [3.8, 4) is 0 Å². The van der Waals surface area contributed by atoms with E-state index in [4.69, 9.17) is 21.1 Å². The summed E-state index contributed by atoms with van der Waals surface area (Å²) in [7, 11) is 2.49. The molecule has 7 nitrogen and oxygen atoms in total. The highest BCUT2D eigenvalue weighted by Crippen LogP contribution is 2.33. The van der Waals surface area contributed by atoms with Crippen LogP contribution < -0.4 is 4.90 Å². The van der Waals surface area contributed by atoms with Crippen LogP contribution in [0.4, 0.5) is 5.69 Å². The molecule has 2 aromatic rings. The maximum absolute atomic E-state index is 12.4. The Morgan fingerprint density at radius 3 is 2.64 bits per heavy atom. The van der Waals surface area contributed by atoms with Gasteiger partial charge in [0.15, 0.2) is 0 Å². The highest BCUT2D eigenvalue weighted by atomic mass is 35.5. The Morgan fingerprint density at radius 1 is 1.16 bits per heavy atom. The molecular weight excluding hydrogens is 346 g/mol. The Labute approximate surface area is 148 Å². The molecule has 0 bridgehead atoms. The average Bonchev–Trinajstić information content (AvgIpc) is 2.89. The number of benzene rings is 1. The van der Waals surface area contributed by atoms with Gasteiger partial charge in [-0.1, -0.05) is 23.7 Å². The molecule has 128 valence electrons. The second kappa shape index (κ2) is 6.82. The summed E-state index contributed by atoms with van der Waals surface area (Å²) in [5.41, 5.74) is 1.19. The van der Waals surface area contributed by atoms with Gasteiger partial charge in [-0.15, -0.1) is 0 Å². The zero-order valence-electron chi connectivity index (χ0n) is 13.4. The quantitative estimate of drug-likeness (QED) is 0.848. The van der Waals surface area contributed by atoms with E-state index >= 15 is 0 Å². The van der Waals surface area contributed by atoms with Crippen molar-refractivity contribution in [3.05, 3.63) is 59.1 Å². The Hall–Kier alpha value is -3.06. The number of carbonyl (C=O) groups excluding carboxylic acids is 2. The minimum atomic E-state index is -0.685. The Morgan fingerprint density at radius 2 is 1.92 bits per heavy atom. The Balaban J connectivity index is 2.27. The number of nitrogens with zero attached hydrogens (tertiary/aromatic N) is 2. The second-order valence-corrected chi connectivity index (χ2v) is 5.40. The first-order chi connectivity index (χ1) is 12.1. The first kappa shape index (κ1) is 16.8. The van der Waals surface area contributed by atoms with Crippen LogP contribution in [0.2, 0.25) is 5.15 Å². The van der Waals surface area contributed by atoms with E-state index in [1.54, 1.807) is 36.6 Å². The monoisotopic (exact) mass is 359 g/mol. The van der Waals surface area contributed by atoms with E-state index in [1.807, 2.05) is 0 Å². The fourth-order valence-corrected chi connectivity index (χ4v) is 2.73. The molecule has 0 unspecified atom stereocenters. The molecule has 3 rings (SSSR count). The second-order valence-electron chi connectivity index (χ2n) is 5.03. The largest absolute Gasteiger partial charge is 0.465 e. The minimum Gasteiger partial charge on any atom is -0.465 e. The van der Waals surface area contributed by atoms with E-state index < -0.39 is 11.9 Å². The number of nitrogens with one attached hydrogen (secondary N) is 1. The number of allylic oxidation sites excluding steroid dienone is 2. The number of ether oxygens (including phenoxy) is 2. The summed E-state index contributed by atoms with van der Waals surface area (Å²) in [6, 6.07) is 5.33. The summed E-state index contributed by atoms with van der Waals surface area (Å²) < 4.78 is 9.66. The molecule has 0 aliphatic carbocycles. The van der Waals surface area contributed by atoms with E-state index in [0.717, 1.165) is 0 Å². The molecule has 0 radical (unpaired) electrons. The van der Waals surface area contributed by atoms with Gasteiger partial charge in [0.1, 0.15) is 16.4 Å². The van der Waals surface area contributed by atoms with Crippen LogP contribution in [0.1, 0.15) is 0 Å². The normalized spacial score (nSPS) is 14.0. The molecule has 0 spiro atoms. The molecule has 1 aliphatic rings. The number of anilines is 1. The van der Waals surface area contributed by atoms with Gasteiger partial charge in [0, 0.05) is 11.6 Å². The van der Waals surface area contributed by atoms with Crippen molar-refractivity contribution in [2.45, 2.75) is 0 Å². The van der Waals surface area contributed by atoms with Crippen LogP contribution in [0.3, 0.4) is 0 Å². The predicted molar refractivity (Wildman–Crippen MR) is 92.9 cm³/mol. The van der Waals surface area contributed by atoms with Gasteiger partial charge in [-0.3, -0.25) is 5.10 Å². The fraction of sp³-hybridized carbons (Fsp3) is 0.118. The first-order valence-electron chi connectivity index (χ1n) is 7.26. The molecule has 1 aromatic carbocycles. The van der Waals surface area contributed by atoms with E-state index in [1.165, 1.54) is 25.2 Å². The summed E-state index contributed by atoms with van der Waals surface area (Å²) in [4.78, 5) is 26.1. The number of aromatic nitrogens is 2. The van der Waals surface area contributed by atoms with Crippen molar-refractivity contribution >= 4 is 40.1 Å². The van der Waals surface area contributed by atoms with Crippen molar-refractivity contribution in [1.82, 2.24) is 10.2 Å². The lowest BCUT2D eigenvalue weighted by molar-refractivity contribution is -0.139. The number of methoxy groups -OCH3 is 2. The molecule has 2 heterocycles. The standard InChI is InChI=1S/C17H14ClN3O4/c1-24-16(22)11-6-3-4-9-21(14(11)17(23)25-2)12-8-5-7-10-13(12)19-20-15(10)18/h3-9H,1-2H3,(H,19,20). The number of H-pyrrole nitrogens is 1. The van der Waals surface area contributed by atoms with Gasteiger partial charge in [-0.25, -0.2) is 9.59 Å². The van der Waals surface area contributed by atoms with Crippen molar-refractivity contribution in [2.75, 3.05) is 19.1 Å². The Bertz CT molecular complexity index is 943. The predicted octanol–water partition coefficient (Wildman–Crippen LogP) is 2.71. The number of hydrogen-bond acceptors (Lipinski definition) is 6. The van der Waals surface area contributed by atoms with Gasteiger partial charge < -0.3 is 14.4 Å². The number of esters is 2. The van der Waals surface area contributed by atoms with Gasteiger partial charge in [0.25, 0.3) is 0 Å². The highest BCUT2D eigenvalue weighted by Gasteiger charge is 2.28. The molecule has 0 atom stereocenters. The number of aromatic amines is 1. The number of halogens is 1. The summed E-state index contributed by atoms with van der Waals surface area (Å²) >= 11 is 6.10. The van der Waals surface area contributed by atoms with Gasteiger partial charge in [0.2, 0.25) is 0 Å². The SMILES string of the molecule is COC(=O)C1=C(C(=O)OC)N(c2cccc3c(Cl)[nH]nc23)C=CC=C1. The lowest BCUT2D eigenvalue weighted by atomic mass is 10.1. The van der Waals surface area contributed by atoms with Crippen molar-refractivity contribution in [2.24, 2.45) is 0 Å². The first-order valence-corrected chi connectivity index (χ1v) is 7.64. The van der Waals surface area contributed by atoms with Crippen LogP contribution in [0, 0.1) is 0 Å². The number of rotatable bonds is 3. The summed E-state index contributed by atoms with van der Waals surface area (Å²) in [6.07, 6.45) is 6.45. The van der Waals surface area contributed by atoms with Crippen LogP contribution in [0.5, 0.6) is 0 Å².